The first-order valence-corrected chi connectivity index (χ1v) is 7.08. The van der Waals surface area contributed by atoms with Gasteiger partial charge in [0, 0.05) is 12.5 Å². The van der Waals surface area contributed by atoms with Crippen molar-refractivity contribution < 1.29 is 28.5 Å². The Morgan fingerprint density at radius 2 is 2.05 bits per heavy atom. The Morgan fingerprint density at radius 1 is 1.27 bits per heavy atom. The van der Waals surface area contributed by atoms with Crippen molar-refractivity contribution in [2.45, 2.75) is 31.5 Å². The van der Waals surface area contributed by atoms with Crippen LogP contribution < -0.4 is 4.74 Å². The number of esters is 1. The van der Waals surface area contributed by atoms with Gasteiger partial charge in [-0.25, -0.2) is 0 Å². The van der Waals surface area contributed by atoms with E-state index in [4.69, 9.17) is 23.7 Å². The summed E-state index contributed by atoms with van der Waals surface area (Å²) in [5, 5.41) is 0. The van der Waals surface area contributed by atoms with Gasteiger partial charge in [-0.1, -0.05) is 12.1 Å². The molecule has 0 spiro atoms. The first kappa shape index (κ1) is 14.9. The van der Waals surface area contributed by atoms with Crippen molar-refractivity contribution in [2.75, 3.05) is 13.7 Å². The van der Waals surface area contributed by atoms with Gasteiger partial charge in [0.15, 0.2) is 18.5 Å². The molecule has 0 saturated carbocycles. The summed E-state index contributed by atoms with van der Waals surface area (Å²) in [5.41, 5.74) is 0.871. The van der Waals surface area contributed by atoms with Crippen LogP contribution in [0.4, 0.5) is 0 Å². The van der Waals surface area contributed by atoms with Gasteiger partial charge in [0.2, 0.25) is 0 Å². The molecule has 0 bridgehead atoms. The van der Waals surface area contributed by atoms with Crippen LogP contribution in [0.1, 0.15) is 18.8 Å². The van der Waals surface area contributed by atoms with Gasteiger partial charge in [-0.3, -0.25) is 4.79 Å². The molecule has 118 valence electrons. The summed E-state index contributed by atoms with van der Waals surface area (Å²) < 4.78 is 27.5. The van der Waals surface area contributed by atoms with Gasteiger partial charge in [-0.05, 0) is 18.2 Å². The van der Waals surface area contributed by atoms with Crippen LogP contribution in [0.25, 0.3) is 0 Å². The van der Waals surface area contributed by atoms with Crippen molar-refractivity contribution in [1.82, 2.24) is 0 Å². The number of carbonyl (C=O) groups is 1. The zero-order valence-electron chi connectivity index (χ0n) is 12.4. The summed E-state index contributed by atoms with van der Waals surface area (Å²) >= 11 is 0. The summed E-state index contributed by atoms with van der Waals surface area (Å²) in [6.07, 6.45) is 1.52. The third kappa shape index (κ3) is 3.08. The monoisotopic (exact) mass is 306 g/mol. The molecule has 6 nitrogen and oxygen atoms in total. The second-order valence-corrected chi connectivity index (χ2v) is 5.12. The molecule has 0 aliphatic carbocycles. The number of ether oxygens (including phenoxy) is 5. The van der Waals surface area contributed by atoms with Crippen LogP contribution in [0.5, 0.6) is 5.75 Å². The topological polar surface area (TPSA) is 63.2 Å². The normalized spacial score (nSPS) is 30.1. The standard InChI is InChI=1S/C16H18O6/c1-10(17)21-13-7-8-19-14-9-20-16(22-15(13)14)11-3-5-12(18-2)6-4-11/h3-8,13-16H,9H2,1-2H3/t13-,14+,15-,16-/m0/s1. The Balaban J connectivity index is 1.74. The van der Waals surface area contributed by atoms with E-state index in [2.05, 4.69) is 0 Å². The fourth-order valence-corrected chi connectivity index (χ4v) is 2.52. The molecule has 0 unspecified atom stereocenters. The van der Waals surface area contributed by atoms with Gasteiger partial charge in [0.25, 0.3) is 0 Å². The highest BCUT2D eigenvalue weighted by atomic mass is 16.7. The van der Waals surface area contributed by atoms with E-state index in [0.29, 0.717) is 6.61 Å². The van der Waals surface area contributed by atoms with Crippen molar-refractivity contribution >= 4 is 5.97 Å². The molecule has 1 saturated heterocycles. The fourth-order valence-electron chi connectivity index (χ4n) is 2.52. The van der Waals surface area contributed by atoms with Crippen LogP contribution in [0.2, 0.25) is 0 Å². The highest BCUT2D eigenvalue weighted by Crippen LogP contribution is 2.32. The Labute approximate surface area is 128 Å². The van der Waals surface area contributed by atoms with Gasteiger partial charge >= 0.3 is 5.97 Å². The van der Waals surface area contributed by atoms with Crippen LogP contribution in [-0.4, -0.2) is 38.0 Å². The maximum atomic E-state index is 11.2. The van der Waals surface area contributed by atoms with Crippen LogP contribution in [-0.2, 0) is 23.7 Å². The minimum atomic E-state index is -0.527. The maximum absolute atomic E-state index is 11.2. The molecule has 1 fully saturated rings. The highest BCUT2D eigenvalue weighted by molar-refractivity contribution is 5.66. The fraction of sp³-hybridized carbons (Fsp3) is 0.438. The van der Waals surface area contributed by atoms with E-state index >= 15 is 0 Å². The lowest BCUT2D eigenvalue weighted by Gasteiger charge is -2.40. The SMILES string of the molecule is COc1ccc([C@H]2OC[C@H]3OC=C[C@H](OC(C)=O)[C@@H]3O2)cc1. The Morgan fingerprint density at radius 3 is 2.73 bits per heavy atom. The van der Waals surface area contributed by atoms with Crippen molar-refractivity contribution in [3.8, 4) is 5.75 Å². The van der Waals surface area contributed by atoms with Crippen LogP contribution in [0.15, 0.2) is 36.6 Å². The predicted molar refractivity (Wildman–Crippen MR) is 76.1 cm³/mol. The zero-order valence-corrected chi connectivity index (χ0v) is 12.4. The molecule has 0 N–H and O–H groups in total. The number of carbonyl (C=O) groups excluding carboxylic acids is 1. The Kier molecular flexibility index (Phi) is 4.31. The molecular formula is C16H18O6. The van der Waals surface area contributed by atoms with E-state index < -0.39 is 18.5 Å². The molecule has 1 aromatic carbocycles. The second kappa shape index (κ2) is 6.37. The average molecular weight is 306 g/mol. The minimum absolute atomic E-state index is 0.288. The average Bonchev–Trinajstić information content (AvgIpc) is 2.54. The summed E-state index contributed by atoms with van der Waals surface area (Å²) in [5.74, 6) is 0.408. The lowest BCUT2D eigenvalue weighted by Crippen LogP contribution is -2.50. The van der Waals surface area contributed by atoms with Crippen LogP contribution in [0, 0.1) is 0 Å². The molecular weight excluding hydrogens is 288 g/mol. The summed E-state index contributed by atoms with van der Waals surface area (Å²) in [7, 11) is 1.61. The van der Waals surface area contributed by atoms with E-state index in [9.17, 15) is 4.79 Å². The third-order valence-corrected chi connectivity index (χ3v) is 3.59. The van der Waals surface area contributed by atoms with Gasteiger partial charge in [0.05, 0.1) is 20.0 Å². The third-order valence-electron chi connectivity index (χ3n) is 3.59. The maximum Gasteiger partial charge on any atom is 0.303 e. The highest BCUT2D eigenvalue weighted by Gasteiger charge is 2.41. The number of fused-ring (bicyclic) bond motifs is 1. The van der Waals surface area contributed by atoms with Gasteiger partial charge < -0.3 is 23.7 Å². The zero-order chi connectivity index (χ0) is 15.5. The van der Waals surface area contributed by atoms with Crippen LogP contribution >= 0.6 is 0 Å². The molecule has 6 heteroatoms. The summed E-state index contributed by atoms with van der Waals surface area (Å²) in [6.45, 7) is 1.74. The van der Waals surface area contributed by atoms with Gasteiger partial charge in [-0.2, -0.15) is 0 Å². The Hall–Kier alpha value is -2.05. The molecule has 2 heterocycles. The number of benzene rings is 1. The molecule has 3 rings (SSSR count). The molecule has 0 amide bonds. The smallest absolute Gasteiger partial charge is 0.303 e. The first-order valence-electron chi connectivity index (χ1n) is 7.08. The molecule has 2 aliphatic rings. The molecule has 4 atom stereocenters. The van der Waals surface area contributed by atoms with E-state index in [1.165, 1.54) is 13.2 Å². The quantitative estimate of drug-likeness (QED) is 0.795. The number of rotatable bonds is 3. The largest absolute Gasteiger partial charge is 0.497 e. The number of hydrogen-bond acceptors (Lipinski definition) is 6. The molecule has 22 heavy (non-hydrogen) atoms. The first-order chi connectivity index (χ1) is 10.7. The summed E-state index contributed by atoms with van der Waals surface area (Å²) in [4.78, 5) is 11.2. The van der Waals surface area contributed by atoms with E-state index in [1.807, 2.05) is 24.3 Å². The van der Waals surface area contributed by atoms with Crippen molar-refractivity contribution in [3.05, 3.63) is 42.2 Å². The van der Waals surface area contributed by atoms with E-state index in [-0.39, 0.29) is 12.1 Å². The molecule has 0 radical (unpaired) electrons. The minimum Gasteiger partial charge on any atom is -0.497 e. The van der Waals surface area contributed by atoms with Crippen molar-refractivity contribution in [2.24, 2.45) is 0 Å². The van der Waals surface area contributed by atoms with Gasteiger partial charge in [-0.15, -0.1) is 0 Å². The number of methoxy groups -OCH3 is 1. The molecule has 2 aliphatic heterocycles. The Bertz CT molecular complexity index is 552. The second-order valence-electron chi connectivity index (χ2n) is 5.12. The molecule has 1 aromatic rings. The van der Waals surface area contributed by atoms with Gasteiger partial charge in [0.1, 0.15) is 11.9 Å². The molecule has 0 aromatic heterocycles. The van der Waals surface area contributed by atoms with E-state index in [0.717, 1.165) is 11.3 Å². The van der Waals surface area contributed by atoms with Crippen molar-refractivity contribution in [1.29, 1.82) is 0 Å². The predicted octanol–water partition coefficient (Wildman–Crippen LogP) is 1.95. The summed E-state index contributed by atoms with van der Waals surface area (Å²) in [6, 6.07) is 7.44. The number of hydrogen-bond donors (Lipinski definition) is 0. The lowest BCUT2D eigenvalue weighted by atomic mass is 10.0. The van der Waals surface area contributed by atoms with Crippen LogP contribution in [0.3, 0.4) is 0 Å². The lowest BCUT2D eigenvalue weighted by molar-refractivity contribution is -0.278. The van der Waals surface area contributed by atoms with Crippen molar-refractivity contribution in [3.63, 3.8) is 0 Å². The van der Waals surface area contributed by atoms with E-state index in [1.54, 1.807) is 13.2 Å².